The van der Waals surface area contributed by atoms with E-state index in [1.54, 1.807) is 0 Å². The third-order valence-electron chi connectivity index (χ3n) is 4.45. The predicted octanol–water partition coefficient (Wildman–Crippen LogP) is 2.45. The largest absolute Gasteiger partial charge is 0.756 e. The highest BCUT2D eigenvalue weighted by atomic mass is 31.2. The summed E-state index contributed by atoms with van der Waals surface area (Å²) in [5.41, 5.74) is -1.33. The van der Waals surface area contributed by atoms with E-state index < -0.39 is 26.1 Å². The molecule has 0 fully saturated rings. The van der Waals surface area contributed by atoms with Crippen molar-refractivity contribution in [2.24, 2.45) is 0 Å². The molecule has 7 nitrogen and oxygen atoms in total. The highest BCUT2D eigenvalue weighted by Crippen LogP contribution is 2.39. The van der Waals surface area contributed by atoms with Gasteiger partial charge in [0.25, 0.3) is 7.82 Å². The molecule has 0 aromatic carbocycles. The second-order valence-corrected chi connectivity index (χ2v) is 9.53. The molecule has 0 bridgehead atoms. The van der Waals surface area contributed by atoms with E-state index in [0.717, 1.165) is 38.5 Å². The monoisotopic (exact) mass is 397 g/mol. The summed E-state index contributed by atoms with van der Waals surface area (Å²) >= 11 is 0. The summed E-state index contributed by atoms with van der Waals surface area (Å²) in [6.07, 6.45) is 5.09. The number of nitrogens with zero attached hydrogens (tertiary/aromatic N) is 1. The zero-order valence-electron chi connectivity index (χ0n) is 17.3. The van der Waals surface area contributed by atoms with Crippen molar-refractivity contribution in [1.82, 2.24) is 0 Å². The first-order chi connectivity index (χ1) is 12.0. The molecule has 26 heavy (non-hydrogen) atoms. The Kier molecular flexibility index (Phi) is 12.4. The molecule has 0 spiro atoms. The Morgan fingerprint density at radius 3 is 1.96 bits per heavy atom. The van der Waals surface area contributed by atoms with Crippen LogP contribution in [0.3, 0.4) is 0 Å². The van der Waals surface area contributed by atoms with Gasteiger partial charge in [-0.1, -0.05) is 52.4 Å². The Labute approximate surface area is 159 Å². The van der Waals surface area contributed by atoms with Crippen LogP contribution in [0.2, 0.25) is 0 Å². The first kappa shape index (κ1) is 26.0. The maximum atomic E-state index is 11.9. The fourth-order valence-corrected chi connectivity index (χ4v) is 3.30. The van der Waals surface area contributed by atoms with Gasteiger partial charge in [0.05, 0.1) is 33.4 Å². The summed E-state index contributed by atoms with van der Waals surface area (Å²) in [7, 11) is 1.28. The van der Waals surface area contributed by atoms with Crippen LogP contribution in [0.15, 0.2) is 0 Å². The van der Waals surface area contributed by atoms with E-state index in [4.69, 9.17) is 9.05 Å². The van der Waals surface area contributed by atoms with Crippen LogP contribution >= 0.6 is 7.82 Å². The number of unbranched alkanes of at least 4 members (excludes halogenated alkanes) is 4. The summed E-state index contributed by atoms with van der Waals surface area (Å²) in [6, 6.07) is 0. The van der Waals surface area contributed by atoms with E-state index in [-0.39, 0.29) is 6.61 Å². The molecular formula is C18H40NO6P. The van der Waals surface area contributed by atoms with Gasteiger partial charge in [0.2, 0.25) is 0 Å². The number of phosphoric acid groups is 1. The Morgan fingerprint density at radius 2 is 1.54 bits per heavy atom. The number of quaternary nitrogens is 1. The molecule has 0 heterocycles. The molecule has 0 aromatic heterocycles. The van der Waals surface area contributed by atoms with Crippen LogP contribution < -0.4 is 4.89 Å². The number of phosphoric ester groups is 1. The average Bonchev–Trinajstić information content (AvgIpc) is 2.51. The Hall–Kier alpha value is -0.0100. The summed E-state index contributed by atoms with van der Waals surface area (Å²) in [5.74, 6) is 0. The molecule has 0 aliphatic heterocycles. The minimum absolute atomic E-state index is 0.0115. The lowest BCUT2D eigenvalue weighted by Gasteiger charge is -2.35. The van der Waals surface area contributed by atoms with Gasteiger partial charge in [0.15, 0.2) is 0 Å². The Bertz CT molecular complexity index is 403. The third kappa shape index (κ3) is 12.4. The molecule has 8 heteroatoms. The highest BCUT2D eigenvalue weighted by molar-refractivity contribution is 7.45. The Balaban J connectivity index is 4.59. The normalized spacial score (nSPS) is 16.5. The highest BCUT2D eigenvalue weighted by Gasteiger charge is 2.35. The first-order valence-electron chi connectivity index (χ1n) is 9.77. The van der Waals surface area contributed by atoms with Crippen molar-refractivity contribution in [2.45, 2.75) is 76.9 Å². The van der Waals surface area contributed by atoms with Crippen LogP contribution in [0.1, 0.15) is 65.2 Å². The van der Waals surface area contributed by atoms with Crippen molar-refractivity contribution in [1.29, 1.82) is 0 Å². The first-order valence-corrected chi connectivity index (χ1v) is 11.2. The topological polar surface area (TPSA) is 99.0 Å². The van der Waals surface area contributed by atoms with Gasteiger partial charge in [0, 0.05) is 0 Å². The van der Waals surface area contributed by atoms with Gasteiger partial charge in [-0.3, -0.25) is 4.57 Å². The number of hydrogen-bond donors (Lipinski definition) is 2. The zero-order chi connectivity index (χ0) is 20.3. The van der Waals surface area contributed by atoms with Gasteiger partial charge in [-0.15, -0.1) is 0 Å². The maximum absolute atomic E-state index is 11.9. The molecule has 2 N–H and O–H groups in total. The van der Waals surface area contributed by atoms with Gasteiger partial charge in [-0.05, 0) is 12.8 Å². The molecule has 0 amide bonds. The van der Waals surface area contributed by atoms with Crippen molar-refractivity contribution in [3.05, 3.63) is 0 Å². The van der Waals surface area contributed by atoms with E-state index in [1.165, 1.54) is 0 Å². The SMILES string of the molecule is CCCCCC(O)(CCCCC)[C@@H](O)COP(=O)([O-])OCC[N+](C)(C)C. The lowest BCUT2D eigenvalue weighted by molar-refractivity contribution is -0.870. The predicted molar refractivity (Wildman–Crippen MR) is 102 cm³/mol. The molecule has 0 saturated carbocycles. The van der Waals surface area contributed by atoms with E-state index in [0.29, 0.717) is 23.9 Å². The van der Waals surface area contributed by atoms with Crippen molar-refractivity contribution in [2.75, 3.05) is 40.9 Å². The number of rotatable bonds is 16. The lowest BCUT2D eigenvalue weighted by Crippen LogP contribution is -2.45. The standard InChI is InChI=1S/C18H40NO6P/c1-6-8-10-12-18(21,13-11-9-7-2)17(20)16-25-26(22,23)24-15-14-19(3,4)5/h17,20-21H,6-16H2,1-5H3/t17-/m0/s1. The lowest BCUT2D eigenvalue weighted by atomic mass is 9.85. The third-order valence-corrected chi connectivity index (χ3v) is 5.41. The van der Waals surface area contributed by atoms with Crippen molar-refractivity contribution in [3.63, 3.8) is 0 Å². The van der Waals surface area contributed by atoms with Gasteiger partial charge in [-0.2, -0.15) is 0 Å². The van der Waals surface area contributed by atoms with Crippen LogP contribution in [0, 0.1) is 0 Å². The fraction of sp³-hybridized carbons (Fsp3) is 1.00. The fourth-order valence-electron chi connectivity index (χ4n) is 2.60. The van der Waals surface area contributed by atoms with E-state index >= 15 is 0 Å². The molecule has 1 unspecified atom stereocenters. The van der Waals surface area contributed by atoms with E-state index in [9.17, 15) is 19.7 Å². The molecule has 0 saturated heterocycles. The average molecular weight is 397 g/mol. The Morgan fingerprint density at radius 1 is 1.04 bits per heavy atom. The molecule has 158 valence electrons. The van der Waals surface area contributed by atoms with Crippen LogP contribution in [-0.4, -0.2) is 67.3 Å². The smallest absolute Gasteiger partial charge is 0.268 e. The van der Waals surface area contributed by atoms with Crippen molar-refractivity contribution < 1.29 is 33.2 Å². The minimum Gasteiger partial charge on any atom is -0.756 e. The van der Waals surface area contributed by atoms with Crippen LogP contribution in [-0.2, 0) is 13.6 Å². The molecule has 0 radical (unpaired) electrons. The second kappa shape index (κ2) is 12.4. The maximum Gasteiger partial charge on any atom is 0.268 e. The molecule has 0 rings (SSSR count). The summed E-state index contributed by atoms with van der Waals surface area (Å²) in [6.45, 7) is 4.17. The van der Waals surface area contributed by atoms with Crippen LogP contribution in [0.25, 0.3) is 0 Å². The van der Waals surface area contributed by atoms with Gasteiger partial charge < -0.3 is 28.6 Å². The number of hydrogen-bond acceptors (Lipinski definition) is 6. The van der Waals surface area contributed by atoms with Crippen LogP contribution in [0.4, 0.5) is 0 Å². The van der Waals surface area contributed by atoms with Crippen molar-refractivity contribution in [3.8, 4) is 0 Å². The number of aliphatic hydroxyl groups excluding tert-OH is 1. The number of aliphatic hydroxyl groups is 2. The summed E-state index contributed by atoms with van der Waals surface area (Å²) in [4.78, 5) is 11.9. The van der Waals surface area contributed by atoms with Gasteiger partial charge in [-0.25, -0.2) is 0 Å². The van der Waals surface area contributed by atoms with Gasteiger partial charge >= 0.3 is 0 Å². The van der Waals surface area contributed by atoms with Gasteiger partial charge in [0.1, 0.15) is 19.3 Å². The van der Waals surface area contributed by atoms with Crippen LogP contribution in [0.5, 0.6) is 0 Å². The van der Waals surface area contributed by atoms with E-state index in [2.05, 4.69) is 13.8 Å². The summed E-state index contributed by atoms with van der Waals surface area (Å²) < 4.78 is 22.1. The van der Waals surface area contributed by atoms with Crippen molar-refractivity contribution >= 4 is 7.82 Å². The molecule has 2 atom stereocenters. The molecular weight excluding hydrogens is 357 g/mol. The molecule has 0 aliphatic carbocycles. The summed E-state index contributed by atoms with van der Waals surface area (Å²) in [5, 5.41) is 21.2. The van der Waals surface area contributed by atoms with E-state index in [1.807, 2.05) is 21.1 Å². The second-order valence-electron chi connectivity index (χ2n) is 8.12. The minimum atomic E-state index is -4.50. The zero-order valence-corrected chi connectivity index (χ0v) is 18.2. The number of likely N-dealkylation sites (N-methyl/N-ethyl adjacent to an activating group) is 1. The molecule has 0 aliphatic rings. The molecule has 0 aromatic rings. The quantitative estimate of drug-likeness (QED) is 0.236.